The first-order valence-corrected chi connectivity index (χ1v) is 6.09. The Labute approximate surface area is 84.1 Å². The number of rotatable bonds is 3. The predicted octanol–water partition coefficient (Wildman–Crippen LogP) is -0.00312. The van der Waals surface area contributed by atoms with Crippen molar-refractivity contribution >= 4 is 10.0 Å². The summed E-state index contributed by atoms with van der Waals surface area (Å²) in [5.74, 6) is 0. The molecule has 1 rings (SSSR count). The summed E-state index contributed by atoms with van der Waals surface area (Å²) in [4.78, 5) is 0. The molecule has 1 aliphatic heterocycles. The highest BCUT2D eigenvalue weighted by molar-refractivity contribution is 7.90. The highest BCUT2D eigenvalue weighted by Crippen LogP contribution is 2.08. The second kappa shape index (κ2) is 4.73. The normalized spacial score (nSPS) is 25.3. The van der Waals surface area contributed by atoms with E-state index < -0.39 is 15.3 Å². The summed E-state index contributed by atoms with van der Waals surface area (Å²) in [5.41, 5.74) is 0. The number of nitrogens with one attached hydrogen (secondary N) is 1. The number of sulfonamides is 1. The molecule has 5 nitrogen and oxygen atoms in total. The number of nitrogens with zero attached hydrogens (tertiary/aromatic N) is 1. The highest BCUT2D eigenvalue weighted by Gasteiger charge is 2.25. The van der Waals surface area contributed by atoms with Crippen LogP contribution < -0.4 is 4.72 Å². The van der Waals surface area contributed by atoms with E-state index in [2.05, 4.69) is 4.72 Å². The van der Waals surface area contributed by atoms with Crippen molar-refractivity contribution in [2.45, 2.75) is 31.1 Å². The molecule has 0 saturated carbocycles. The van der Waals surface area contributed by atoms with Gasteiger partial charge in [0, 0.05) is 12.6 Å². The van der Waals surface area contributed by atoms with Crippen molar-refractivity contribution < 1.29 is 13.2 Å². The SMILES string of the molecule is CC(C#N)S(=O)(=O)NC1CCCOC1. The molecule has 2 atom stereocenters. The highest BCUT2D eigenvalue weighted by atomic mass is 32.2. The molecule has 0 aromatic carbocycles. The quantitative estimate of drug-likeness (QED) is 0.723. The first kappa shape index (κ1) is 11.4. The van der Waals surface area contributed by atoms with E-state index in [0.717, 1.165) is 12.8 Å². The average Bonchev–Trinajstić information content (AvgIpc) is 2.17. The Bertz CT molecular complexity index is 314. The molecule has 0 radical (unpaired) electrons. The van der Waals surface area contributed by atoms with Gasteiger partial charge in [-0.05, 0) is 19.8 Å². The molecule has 1 N–H and O–H groups in total. The first-order valence-electron chi connectivity index (χ1n) is 4.55. The zero-order chi connectivity index (χ0) is 10.6. The lowest BCUT2D eigenvalue weighted by Crippen LogP contribution is -2.43. The predicted molar refractivity (Wildman–Crippen MR) is 51.0 cm³/mol. The van der Waals surface area contributed by atoms with Crippen LogP contribution in [0.3, 0.4) is 0 Å². The van der Waals surface area contributed by atoms with Crippen LogP contribution in [0, 0.1) is 11.3 Å². The summed E-state index contributed by atoms with van der Waals surface area (Å²) in [6.07, 6.45) is 1.63. The molecule has 6 heteroatoms. The van der Waals surface area contributed by atoms with Gasteiger partial charge in [-0.3, -0.25) is 0 Å². The Balaban J connectivity index is 2.54. The minimum absolute atomic E-state index is 0.176. The van der Waals surface area contributed by atoms with Crippen molar-refractivity contribution in [3.8, 4) is 6.07 Å². The van der Waals surface area contributed by atoms with Gasteiger partial charge in [0.2, 0.25) is 10.0 Å². The Morgan fingerprint density at radius 1 is 1.64 bits per heavy atom. The van der Waals surface area contributed by atoms with Gasteiger partial charge in [0.25, 0.3) is 0 Å². The third-order valence-corrected chi connectivity index (χ3v) is 3.84. The maximum Gasteiger partial charge on any atom is 0.228 e. The molecule has 1 fully saturated rings. The van der Waals surface area contributed by atoms with Crippen molar-refractivity contribution in [3.63, 3.8) is 0 Å². The molecular weight excluding hydrogens is 204 g/mol. The van der Waals surface area contributed by atoms with E-state index in [0.29, 0.717) is 13.2 Å². The topological polar surface area (TPSA) is 79.2 Å². The van der Waals surface area contributed by atoms with Crippen molar-refractivity contribution in [2.24, 2.45) is 0 Å². The molecule has 0 aromatic heterocycles. The van der Waals surface area contributed by atoms with Crippen LogP contribution in [0.25, 0.3) is 0 Å². The van der Waals surface area contributed by atoms with Crippen LogP contribution in [0.5, 0.6) is 0 Å². The van der Waals surface area contributed by atoms with Crippen LogP contribution in [0.4, 0.5) is 0 Å². The van der Waals surface area contributed by atoms with Gasteiger partial charge in [-0.1, -0.05) is 0 Å². The van der Waals surface area contributed by atoms with Gasteiger partial charge in [0.1, 0.15) is 0 Å². The molecule has 14 heavy (non-hydrogen) atoms. The minimum Gasteiger partial charge on any atom is -0.380 e. The lowest BCUT2D eigenvalue weighted by molar-refractivity contribution is 0.0774. The van der Waals surface area contributed by atoms with Crippen molar-refractivity contribution in [3.05, 3.63) is 0 Å². The third-order valence-electron chi connectivity index (χ3n) is 2.14. The Morgan fingerprint density at radius 2 is 2.36 bits per heavy atom. The van der Waals surface area contributed by atoms with Gasteiger partial charge in [-0.25, -0.2) is 13.1 Å². The molecule has 1 saturated heterocycles. The smallest absolute Gasteiger partial charge is 0.228 e. The van der Waals surface area contributed by atoms with Crippen molar-refractivity contribution in [2.75, 3.05) is 13.2 Å². The number of hydrogen-bond donors (Lipinski definition) is 1. The van der Waals surface area contributed by atoms with Crippen LogP contribution in [0.2, 0.25) is 0 Å². The standard InChI is InChI=1S/C8H14N2O3S/c1-7(5-9)14(11,12)10-8-3-2-4-13-6-8/h7-8,10H,2-4,6H2,1H3. The summed E-state index contributed by atoms with van der Waals surface area (Å²) in [7, 11) is -3.50. The van der Waals surface area contributed by atoms with E-state index >= 15 is 0 Å². The van der Waals surface area contributed by atoms with E-state index in [4.69, 9.17) is 10.00 Å². The van der Waals surface area contributed by atoms with Crippen LogP contribution in [-0.2, 0) is 14.8 Å². The van der Waals surface area contributed by atoms with E-state index in [1.54, 1.807) is 6.07 Å². The largest absolute Gasteiger partial charge is 0.380 e. The summed E-state index contributed by atoms with van der Waals surface area (Å²) < 4.78 is 30.5. The molecule has 0 aromatic rings. The van der Waals surface area contributed by atoms with Gasteiger partial charge >= 0.3 is 0 Å². The molecule has 1 aliphatic rings. The third kappa shape index (κ3) is 2.94. The summed E-state index contributed by atoms with van der Waals surface area (Å²) in [5, 5.41) is 7.49. The Hall–Kier alpha value is -0.640. The zero-order valence-electron chi connectivity index (χ0n) is 8.06. The summed E-state index contributed by atoms with van der Waals surface area (Å²) in [6.45, 7) is 2.45. The van der Waals surface area contributed by atoms with Crippen LogP contribution in [-0.4, -0.2) is 32.9 Å². The van der Waals surface area contributed by atoms with Crippen molar-refractivity contribution in [1.82, 2.24) is 4.72 Å². The minimum atomic E-state index is -3.50. The van der Waals surface area contributed by atoms with Crippen LogP contribution in [0.1, 0.15) is 19.8 Å². The van der Waals surface area contributed by atoms with Crippen LogP contribution in [0.15, 0.2) is 0 Å². The van der Waals surface area contributed by atoms with E-state index in [1.165, 1.54) is 6.92 Å². The number of ether oxygens (including phenoxy) is 1. The molecule has 0 aliphatic carbocycles. The molecule has 2 unspecified atom stereocenters. The van der Waals surface area contributed by atoms with Crippen LogP contribution >= 0.6 is 0 Å². The second-order valence-corrected chi connectivity index (χ2v) is 5.38. The maximum absolute atomic E-state index is 11.4. The fourth-order valence-corrected chi connectivity index (χ4v) is 2.23. The Morgan fingerprint density at radius 3 is 2.86 bits per heavy atom. The molecular formula is C8H14N2O3S. The monoisotopic (exact) mass is 218 g/mol. The first-order chi connectivity index (χ1) is 6.56. The lowest BCUT2D eigenvalue weighted by atomic mass is 10.1. The van der Waals surface area contributed by atoms with E-state index in [-0.39, 0.29) is 6.04 Å². The molecule has 0 spiro atoms. The lowest BCUT2D eigenvalue weighted by Gasteiger charge is -2.23. The maximum atomic E-state index is 11.4. The number of nitriles is 1. The fourth-order valence-electron chi connectivity index (χ4n) is 1.24. The van der Waals surface area contributed by atoms with Gasteiger partial charge in [-0.2, -0.15) is 5.26 Å². The van der Waals surface area contributed by atoms with Gasteiger partial charge < -0.3 is 4.74 Å². The summed E-state index contributed by atoms with van der Waals surface area (Å²) >= 11 is 0. The van der Waals surface area contributed by atoms with Gasteiger partial charge in [0.15, 0.2) is 5.25 Å². The molecule has 80 valence electrons. The average molecular weight is 218 g/mol. The van der Waals surface area contributed by atoms with E-state index in [1.807, 2.05) is 0 Å². The fraction of sp³-hybridized carbons (Fsp3) is 0.875. The molecule has 1 heterocycles. The van der Waals surface area contributed by atoms with Gasteiger partial charge in [-0.15, -0.1) is 0 Å². The van der Waals surface area contributed by atoms with Crippen molar-refractivity contribution in [1.29, 1.82) is 5.26 Å². The zero-order valence-corrected chi connectivity index (χ0v) is 8.88. The molecule has 0 amide bonds. The summed E-state index contributed by atoms with van der Waals surface area (Å²) in [6, 6.07) is 1.53. The Kier molecular flexibility index (Phi) is 3.86. The van der Waals surface area contributed by atoms with Gasteiger partial charge in [0.05, 0.1) is 12.7 Å². The second-order valence-electron chi connectivity index (χ2n) is 3.35. The number of hydrogen-bond acceptors (Lipinski definition) is 4. The molecule has 0 bridgehead atoms. The van der Waals surface area contributed by atoms with E-state index in [9.17, 15) is 8.42 Å².